The average molecular weight is 158 g/mol. The highest BCUT2D eigenvalue weighted by Gasteiger charge is 2.19. The molecule has 0 radical (unpaired) electrons. The molecule has 0 aromatic heterocycles. The predicted octanol–water partition coefficient (Wildman–Crippen LogP) is 3.28. The molecule has 0 atom stereocenters. The van der Waals surface area contributed by atoms with Crippen molar-refractivity contribution in [2.45, 2.75) is 20.3 Å². The molecule has 1 aromatic rings. The quantitative estimate of drug-likeness (QED) is 0.543. The van der Waals surface area contributed by atoms with Crippen LogP contribution in [-0.2, 0) is 6.42 Å². The molecule has 0 amide bonds. The lowest BCUT2D eigenvalue weighted by Gasteiger charge is -2.25. The zero-order valence-electron chi connectivity index (χ0n) is 7.67. The number of benzene rings is 1. The first kappa shape index (κ1) is 7.60. The van der Waals surface area contributed by atoms with Gasteiger partial charge in [-0.25, -0.2) is 0 Å². The van der Waals surface area contributed by atoms with E-state index in [2.05, 4.69) is 50.3 Å². The van der Waals surface area contributed by atoms with E-state index >= 15 is 0 Å². The summed E-state index contributed by atoms with van der Waals surface area (Å²) in [6, 6.07) is 8.62. The van der Waals surface area contributed by atoms with E-state index in [0.29, 0.717) is 5.41 Å². The number of rotatable bonds is 0. The summed E-state index contributed by atoms with van der Waals surface area (Å²) in [5.74, 6) is 0. The molecular formula is C12H14. The number of allylic oxidation sites excluding steroid dienone is 1. The minimum atomic E-state index is 0.342. The molecule has 12 heavy (non-hydrogen) atoms. The summed E-state index contributed by atoms with van der Waals surface area (Å²) in [6.45, 7) is 4.55. The van der Waals surface area contributed by atoms with Gasteiger partial charge in [0, 0.05) is 0 Å². The van der Waals surface area contributed by atoms with Crippen LogP contribution in [-0.4, -0.2) is 0 Å². The van der Waals surface area contributed by atoms with Gasteiger partial charge in [0.2, 0.25) is 0 Å². The Morgan fingerprint density at radius 1 is 1.17 bits per heavy atom. The van der Waals surface area contributed by atoms with Crippen LogP contribution >= 0.6 is 0 Å². The third-order valence-corrected chi connectivity index (χ3v) is 2.42. The van der Waals surface area contributed by atoms with Crippen molar-refractivity contribution in [2.75, 3.05) is 0 Å². The summed E-state index contributed by atoms with van der Waals surface area (Å²) in [5.41, 5.74) is 3.20. The molecule has 0 unspecified atom stereocenters. The Bertz CT molecular complexity index is 319. The van der Waals surface area contributed by atoms with Gasteiger partial charge in [-0.1, -0.05) is 50.3 Å². The third kappa shape index (κ3) is 1.29. The van der Waals surface area contributed by atoms with Crippen molar-refractivity contribution in [3.63, 3.8) is 0 Å². The molecule has 0 spiro atoms. The highest BCUT2D eigenvalue weighted by Crippen LogP contribution is 2.31. The van der Waals surface area contributed by atoms with E-state index in [4.69, 9.17) is 0 Å². The molecule has 0 saturated carbocycles. The Morgan fingerprint density at radius 3 is 2.75 bits per heavy atom. The van der Waals surface area contributed by atoms with Crippen molar-refractivity contribution in [2.24, 2.45) is 5.41 Å². The Labute approximate surface area is 73.9 Å². The van der Waals surface area contributed by atoms with Crippen molar-refractivity contribution in [1.29, 1.82) is 0 Å². The van der Waals surface area contributed by atoms with Gasteiger partial charge in [0.05, 0.1) is 0 Å². The maximum atomic E-state index is 2.30. The predicted molar refractivity (Wildman–Crippen MR) is 53.0 cm³/mol. The first-order valence-electron chi connectivity index (χ1n) is 4.45. The normalized spacial score (nSPS) is 18.8. The molecule has 0 aliphatic heterocycles. The fraction of sp³-hybridized carbons (Fsp3) is 0.333. The van der Waals surface area contributed by atoms with Gasteiger partial charge in [-0.2, -0.15) is 0 Å². The monoisotopic (exact) mass is 158 g/mol. The highest BCUT2D eigenvalue weighted by atomic mass is 14.2. The minimum Gasteiger partial charge on any atom is -0.0779 e. The summed E-state index contributed by atoms with van der Waals surface area (Å²) in [5, 5.41) is 0. The summed E-state index contributed by atoms with van der Waals surface area (Å²) < 4.78 is 0. The van der Waals surface area contributed by atoms with Gasteiger partial charge in [-0.3, -0.25) is 0 Å². The molecule has 1 aromatic carbocycles. The number of hydrogen-bond donors (Lipinski definition) is 0. The molecule has 0 nitrogen and oxygen atoms in total. The third-order valence-electron chi connectivity index (χ3n) is 2.42. The van der Waals surface area contributed by atoms with E-state index in [0.717, 1.165) is 0 Å². The van der Waals surface area contributed by atoms with Crippen LogP contribution in [0, 0.1) is 5.41 Å². The Kier molecular flexibility index (Phi) is 1.57. The highest BCUT2D eigenvalue weighted by molar-refractivity contribution is 5.57. The van der Waals surface area contributed by atoms with Gasteiger partial charge in [-0.05, 0) is 23.0 Å². The lowest BCUT2D eigenvalue weighted by molar-refractivity contribution is 0.475. The Balaban J connectivity index is 2.46. The Hall–Kier alpha value is -1.04. The molecule has 0 saturated heterocycles. The van der Waals surface area contributed by atoms with E-state index in [1.54, 1.807) is 0 Å². The van der Waals surface area contributed by atoms with Crippen molar-refractivity contribution in [3.8, 4) is 0 Å². The second-order valence-corrected chi connectivity index (χ2v) is 4.20. The van der Waals surface area contributed by atoms with Crippen LogP contribution < -0.4 is 0 Å². The van der Waals surface area contributed by atoms with E-state index in [9.17, 15) is 0 Å². The molecule has 0 heteroatoms. The van der Waals surface area contributed by atoms with Crippen LogP contribution in [0.15, 0.2) is 30.3 Å². The van der Waals surface area contributed by atoms with Crippen LogP contribution in [0.4, 0.5) is 0 Å². The van der Waals surface area contributed by atoms with Crippen LogP contribution in [0.2, 0.25) is 0 Å². The van der Waals surface area contributed by atoms with Gasteiger partial charge in [-0.15, -0.1) is 0 Å². The number of fused-ring (bicyclic) bond motifs is 1. The van der Waals surface area contributed by atoms with E-state index < -0.39 is 0 Å². The first-order valence-corrected chi connectivity index (χ1v) is 4.45. The van der Waals surface area contributed by atoms with Crippen molar-refractivity contribution in [3.05, 3.63) is 41.5 Å². The van der Waals surface area contributed by atoms with Crippen LogP contribution in [0.1, 0.15) is 25.0 Å². The lowest BCUT2D eigenvalue weighted by Crippen LogP contribution is -2.15. The van der Waals surface area contributed by atoms with Gasteiger partial charge in [0.25, 0.3) is 0 Å². The standard InChI is InChI=1S/C12H14/c1-12(2)8-7-10-5-3-4-6-11(10)9-12/h3-8H,9H2,1-2H3. The molecule has 0 fully saturated rings. The fourth-order valence-corrected chi connectivity index (χ4v) is 1.72. The van der Waals surface area contributed by atoms with Crippen LogP contribution in [0.25, 0.3) is 6.08 Å². The summed E-state index contributed by atoms with van der Waals surface area (Å²) in [6.07, 6.45) is 5.70. The fourth-order valence-electron chi connectivity index (χ4n) is 1.72. The zero-order chi connectivity index (χ0) is 8.60. The molecule has 62 valence electrons. The molecule has 0 N–H and O–H groups in total. The molecule has 2 rings (SSSR count). The van der Waals surface area contributed by atoms with Crippen molar-refractivity contribution in [1.82, 2.24) is 0 Å². The average Bonchev–Trinajstić information content (AvgIpc) is 2.02. The largest absolute Gasteiger partial charge is 0.0779 e. The van der Waals surface area contributed by atoms with Gasteiger partial charge >= 0.3 is 0 Å². The topological polar surface area (TPSA) is 0 Å². The van der Waals surface area contributed by atoms with E-state index in [1.165, 1.54) is 17.5 Å². The zero-order valence-corrected chi connectivity index (χ0v) is 7.67. The lowest BCUT2D eigenvalue weighted by atomic mass is 9.80. The maximum absolute atomic E-state index is 2.30. The van der Waals surface area contributed by atoms with Crippen molar-refractivity contribution >= 4 is 6.08 Å². The van der Waals surface area contributed by atoms with E-state index in [-0.39, 0.29) is 0 Å². The summed E-state index contributed by atoms with van der Waals surface area (Å²) in [4.78, 5) is 0. The van der Waals surface area contributed by atoms with Gasteiger partial charge in [0.1, 0.15) is 0 Å². The summed E-state index contributed by atoms with van der Waals surface area (Å²) in [7, 11) is 0. The smallest absolute Gasteiger partial charge is 0.0131 e. The molecule has 1 aliphatic rings. The SMILES string of the molecule is CC1(C)C=Cc2ccccc2C1. The van der Waals surface area contributed by atoms with Gasteiger partial charge < -0.3 is 0 Å². The molecular weight excluding hydrogens is 144 g/mol. The van der Waals surface area contributed by atoms with Gasteiger partial charge in [0.15, 0.2) is 0 Å². The Morgan fingerprint density at radius 2 is 1.92 bits per heavy atom. The maximum Gasteiger partial charge on any atom is -0.0131 e. The summed E-state index contributed by atoms with van der Waals surface area (Å²) >= 11 is 0. The molecule has 1 aliphatic carbocycles. The van der Waals surface area contributed by atoms with Crippen molar-refractivity contribution < 1.29 is 0 Å². The van der Waals surface area contributed by atoms with E-state index in [1.807, 2.05) is 0 Å². The minimum absolute atomic E-state index is 0.342. The molecule has 0 heterocycles. The van der Waals surface area contributed by atoms with Crippen LogP contribution in [0.3, 0.4) is 0 Å². The number of hydrogen-bond acceptors (Lipinski definition) is 0. The second kappa shape index (κ2) is 2.48. The first-order chi connectivity index (χ1) is 5.67. The molecule has 0 bridgehead atoms. The van der Waals surface area contributed by atoms with Crippen LogP contribution in [0.5, 0.6) is 0 Å². The second-order valence-electron chi connectivity index (χ2n) is 4.20.